The summed E-state index contributed by atoms with van der Waals surface area (Å²) >= 11 is 5.59. The summed E-state index contributed by atoms with van der Waals surface area (Å²) in [4.78, 5) is 17.6. The van der Waals surface area contributed by atoms with E-state index in [2.05, 4.69) is 4.99 Å². The van der Waals surface area contributed by atoms with Gasteiger partial charge in [-0.05, 0) is 37.1 Å². The van der Waals surface area contributed by atoms with Gasteiger partial charge < -0.3 is 10.5 Å². The lowest BCUT2D eigenvalue weighted by Gasteiger charge is -2.16. The predicted molar refractivity (Wildman–Crippen MR) is 76.5 cm³/mol. The van der Waals surface area contributed by atoms with Gasteiger partial charge in [0.05, 0.1) is 23.9 Å². The molecule has 1 aromatic rings. The van der Waals surface area contributed by atoms with Gasteiger partial charge in [0.25, 0.3) is 0 Å². The molecule has 0 saturated heterocycles. The molecule has 6 heteroatoms. The third-order valence-corrected chi connectivity index (χ3v) is 3.13. The fourth-order valence-corrected chi connectivity index (χ4v) is 2.10. The van der Waals surface area contributed by atoms with Crippen LogP contribution in [0.2, 0.25) is 0 Å². The highest BCUT2D eigenvalue weighted by Crippen LogP contribution is 2.31. The zero-order chi connectivity index (χ0) is 13.8. The van der Waals surface area contributed by atoms with E-state index in [9.17, 15) is 4.79 Å². The van der Waals surface area contributed by atoms with E-state index in [4.69, 9.17) is 22.1 Å². The molecule has 0 bridgehead atoms. The minimum atomic E-state index is -0.308. The Bertz CT molecular complexity index is 517. The second kappa shape index (κ2) is 5.93. The molecule has 1 aliphatic rings. The summed E-state index contributed by atoms with van der Waals surface area (Å²) in [5, 5.41) is 0. The van der Waals surface area contributed by atoms with E-state index >= 15 is 0 Å². The van der Waals surface area contributed by atoms with Gasteiger partial charge in [0.1, 0.15) is 5.84 Å². The van der Waals surface area contributed by atoms with Gasteiger partial charge in [0.2, 0.25) is 0 Å². The summed E-state index contributed by atoms with van der Waals surface area (Å²) in [5.41, 5.74) is 8.29. The minimum absolute atomic E-state index is 0.200. The fraction of sp³-hybridized carbons (Fsp3) is 0.385. The number of aliphatic imine (C=N–C) groups is 1. The van der Waals surface area contributed by atoms with E-state index in [0.29, 0.717) is 19.0 Å². The van der Waals surface area contributed by atoms with Crippen molar-refractivity contribution in [3.63, 3.8) is 0 Å². The standard InChI is InChI=1S/C13H16ClN3O2/c1-2-19-13(18)17-6-5-9-7-10(3-4-11(9)17)16-12(15)8-14/h3-4,7H,2,5-6,8H2,1H3,(H2,15,16). The van der Waals surface area contributed by atoms with Gasteiger partial charge in [-0.25, -0.2) is 9.79 Å². The van der Waals surface area contributed by atoms with Gasteiger partial charge >= 0.3 is 6.09 Å². The SMILES string of the molecule is CCOC(=O)N1CCc2cc(N=C(N)CCl)ccc21. The zero-order valence-corrected chi connectivity index (χ0v) is 11.5. The van der Waals surface area contributed by atoms with Crippen LogP contribution in [0.3, 0.4) is 0 Å². The molecule has 0 radical (unpaired) electrons. The van der Waals surface area contributed by atoms with Crippen molar-refractivity contribution >= 4 is 34.9 Å². The van der Waals surface area contributed by atoms with E-state index in [-0.39, 0.29) is 12.0 Å². The minimum Gasteiger partial charge on any atom is -0.449 e. The maximum absolute atomic E-state index is 11.8. The van der Waals surface area contributed by atoms with Crippen molar-refractivity contribution in [1.82, 2.24) is 0 Å². The highest BCUT2D eigenvalue weighted by Gasteiger charge is 2.25. The van der Waals surface area contributed by atoms with Crippen molar-refractivity contribution in [3.8, 4) is 0 Å². The van der Waals surface area contributed by atoms with Crippen LogP contribution in [-0.2, 0) is 11.2 Å². The smallest absolute Gasteiger partial charge is 0.414 e. The highest BCUT2D eigenvalue weighted by atomic mass is 35.5. The lowest BCUT2D eigenvalue weighted by Crippen LogP contribution is -2.29. The van der Waals surface area contributed by atoms with E-state index < -0.39 is 0 Å². The van der Waals surface area contributed by atoms with E-state index in [1.54, 1.807) is 11.8 Å². The number of benzene rings is 1. The number of hydrogen-bond donors (Lipinski definition) is 1. The molecule has 0 atom stereocenters. The van der Waals surface area contributed by atoms with Gasteiger partial charge in [0, 0.05) is 6.54 Å². The largest absolute Gasteiger partial charge is 0.449 e. The van der Waals surface area contributed by atoms with Crippen LogP contribution in [0.1, 0.15) is 12.5 Å². The Labute approximate surface area is 117 Å². The number of alkyl halides is 1. The van der Waals surface area contributed by atoms with Gasteiger partial charge in [0.15, 0.2) is 0 Å². The number of carbonyl (C=O) groups excluding carboxylic acids is 1. The Morgan fingerprint density at radius 3 is 3.05 bits per heavy atom. The van der Waals surface area contributed by atoms with Gasteiger partial charge in [-0.15, -0.1) is 11.6 Å². The number of fused-ring (bicyclic) bond motifs is 1. The number of amides is 1. The van der Waals surface area contributed by atoms with Crippen molar-refractivity contribution in [2.24, 2.45) is 10.7 Å². The van der Waals surface area contributed by atoms with Crippen LogP contribution in [0.15, 0.2) is 23.2 Å². The van der Waals surface area contributed by atoms with Crippen LogP contribution >= 0.6 is 11.6 Å². The lowest BCUT2D eigenvalue weighted by molar-refractivity contribution is 0.160. The maximum atomic E-state index is 11.8. The first-order valence-corrected chi connectivity index (χ1v) is 6.65. The third kappa shape index (κ3) is 2.98. The Hall–Kier alpha value is -1.75. The molecule has 2 rings (SSSR count). The summed E-state index contributed by atoms with van der Waals surface area (Å²) in [7, 11) is 0. The molecular weight excluding hydrogens is 266 g/mol. The molecule has 0 aromatic heterocycles. The number of anilines is 1. The number of rotatable bonds is 3. The summed E-state index contributed by atoms with van der Waals surface area (Å²) in [6.45, 7) is 2.80. The number of carbonyl (C=O) groups is 1. The van der Waals surface area contributed by atoms with Crippen molar-refractivity contribution in [2.45, 2.75) is 13.3 Å². The van der Waals surface area contributed by atoms with Crippen molar-refractivity contribution in [2.75, 3.05) is 23.9 Å². The summed E-state index contributed by atoms with van der Waals surface area (Å²) in [5.74, 6) is 0.577. The normalized spacial score (nSPS) is 14.4. The Balaban J connectivity index is 2.23. The Morgan fingerprint density at radius 2 is 2.37 bits per heavy atom. The van der Waals surface area contributed by atoms with Gasteiger partial charge in [-0.3, -0.25) is 4.90 Å². The Morgan fingerprint density at radius 1 is 1.58 bits per heavy atom. The molecule has 0 aliphatic carbocycles. The first-order chi connectivity index (χ1) is 9.15. The van der Waals surface area contributed by atoms with Gasteiger partial charge in [-0.1, -0.05) is 0 Å². The number of nitrogens with zero attached hydrogens (tertiary/aromatic N) is 2. The van der Waals surface area contributed by atoms with Crippen LogP contribution in [0.5, 0.6) is 0 Å². The van der Waals surface area contributed by atoms with E-state index in [0.717, 1.165) is 23.4 Å². The van der Waals surface area contributed by atoms with Gasteiger partial charge in [-0.2, -0.15) is 0 Å². The summed E-state index contributed by atoms with van der Waals surface area (Å²) in [6, 6.07) is 5.60. The average Bonchev–Trinajstić information content (AvgIpc) is 2.82. The predicted octanol–water partition coefficient (Wildman–Crippen LogP) is 2.43. The highest BCUT2D eigenvalue weighted by molar-refractivity contribution is 6.28. The topological polar surface area (TPSA) is 67.9 Å². The second-order valence-corrected chi connectivity index (χ2v) is 4.42. The molecule has 0 unspecified atom stereocenters. The molecule has 5 nitrogen and oxygen atoms in total. The average molecular weight is 282 g/mol. The molecule has 0 spiro atoms. The van der Waals surface area contributed by atoms with Crippen molar-refractivity contribution < 1.29 is 9.53 Å². The molecule has 2 N–H and O–H groups in total. The van der Waals surface area contributed by atoms with Crippen LogP contribution in [-0.4, -0.2) is 31.0 Å². The number of nitrogens with two attached hydrogens (primary N) is 1. The zero-order valence-electron chi connectivity index (χ0n) is 10.7. The third-order valence-electron chi connectivity index (χ3n) is 2.86. The van der Waals surface area contributed by atoms with E-state index in [1.807, 2.05) is 18.2 Å². The van der Waals surface area contributed by atoms with Crippen LogP contribution in [0.4, 0.5) is 16.2 Å². The van der Waals surface area contributed by atoms with Crippen molar-refractivity contribution in [1.29, 1.82) is 0 Å². The maximum Gasteiger partial charge on any atom is 0.414 e. The lowest BCUT2D eigenvalue weighted by atomic mass is 10.1. The second-order valence-electron chi connectivity index (χ2n) is 4.15. The van der Waals surface area contributed by atoms with Crippen molar-refractivity contribution in [3.05, 3.63) is 23.8 Å². The van der Waals surface area contributed by atoms with Crippen LogP contribution < -0.4 is 10.6 Å². The molecule has 0 saturated carbocycles. The van der Waals surface area contributed by atoms with Crippen LogP contribution in [0, 0.1) is 0 Å². The molecule has 0 fully saturated rings. The fourth-order valence-electron chi connectivity index (χ4n) is 2.04. The van der Waals surface area contributed by atoms with Crippen LogP contribution in [0.25, 0.3) is 0 Å². The number of halogens is 1. The first-order valence-electron chi connectivity index (χ1n) is 6.12. The monoisotopic (exact) mass is 281 g/mol. The summed E-state index contributed by atoms with van der Waals surface area (Å²) in [6.07, 6.45) is 0.482. The number of amidine groups is 1. The molecule has 1 amide bonds. The quantitative estimate of drug-likeness (QED) is 0.526. The molecule has 1 heterocycles. The molecule has 102 valence electrons. The first kappa shape index (κ1) is 13.7. The molecule has 1 aliphatic heterocycles. The molecule has 1 aromatic carbocycles. The Kier molecular flexibility index (Phi) is 4.27. The summed E-state index contributed by atoms with van der Waals surface area (Å²) < 4.78 is 5.02. The molecule has 19 heavy (non-hydrogen) atoms. The molecular formula is C13H16ClN3O2. The number of ether oxygens (including phenoxy) is 1. The van der Waals surface area contributed by atoms with E-state index in [1.165, 1.54) is 0 Å². The number of hydrogen-bond acceptors (Lipinski definition) is 3.